The fraction of sp³-hybridized carbons (Fsp3) is 0.500. The summed E-state index contributed by atoms with van der Waals surface area (Å²) >= 11 is 0. The lowest BCUT2D eigenvalue weighted by Crippen LogP contribution is -2.43. The predicted molar refractivity (Wildman–Crippen MR) is 60.1 cm³/mol. The molecule has 0 unspecified atom stereocenters. The van der Waals surface area contributed by atoms with Gasteiger partial charge in [0.2, 0.25) is 5.82 Å². The largest absolute Gasteiger partial charge is 0.376 e. The highest BCUT2D eigenvalue weighted by molar-refractivity contribution is 5.48. The first-order valence-electron chi connectivity index (χ1n) is 5.97. The van der Waals surface area contributed by atoms with E-state index >= 15 is 0 Å². The zero-order chi connectivity index (χ0) is 14.2. The number of hydrogen-bond acceptors (Lipinski definition) is 2. The molecule has 0 aliphatic heterocycles. The molecular weight excluding hydrogens is 267 g/mol. The van der Waals surface area contributed by atoms with Gasteiger partial charge in [0.15, 0.2) is 23.3 Å². The second-order valence-corrected chi connectivity index (χ2v) is 4.64. The van der Waals surface area contributed by atoms with E-state index in [4.69, 9.17) is 5.73 Å². The second kappa shape index (κ2) is 5.32. The van der Waals surface area contributed by atoms with Gasteiger partial charge >= 0.3 is 0 Å². The van der Waals surface area contributed by atoms with Crippen LogP contribution in [0.25, 0.3) is 0 Å². The topological polar surface area (TPSA) is 38.0 Å². The molecule has 1 aromatic rings. The Labute approximate surface area is 106 Å². The van der Waals surface area contributed by atoms with Gasteiger partial charge in [-0.2, -0.15) is 0 Å². The van der Waals surface area contributed by atoms with Crippen LogP contribution < -0.4 is 11.1 Å². The third kappa shape index (κ3) is 2.51. The Kier molecular flexibility index (Phi) is 3.93. The Bertz CT molecular complexity index is 462. The summed E-state index contributed by atoms with van der Waals surface area (Å²) in [5, 5.41) is 2.35. The Morgan fingerprint density at radius 3 is 1.79 bits per heavy atom. The molecule has 1 fully saturated rings. The standard InChI is InChI=1S/C12H13F5N2/c13-7-8(14)10(16)12(11(17)9(7)15)19-6-4-2-1-3-5(6)18/h5-6,19H,1-4,18H2/t5-,6-/m1/s1. The van der Waals surface area contributed by atoms with Crippen LogP contribution in [0.5, 0.6) is 0 Å². The van der Waals surface area contributed by atoms with Gasteiger partial charge in [0, 0.05) is 12.1 Å². The molecule has 2 nitrogen and oxygen atoms in total. The molecule has 0 radical (unpaired) electrons. The average molecular weight is 280 g/mol. The van der Waals surface area contributed by atoms with E-state index in [1.54, 1.807) is 0 Å². The molecule has 0 amide bonds. The Balaban J connectivity index is 2.34. The van der Waals surface area contributed by atoms with Crippen LogP contribution in [0.1, 0.15) is 25.7 Å². The van der Waals surface area contributed by atoms with Crippen LogP contribution in [-0.2, 0) is 0 Å². The van der Waals surface area contributed by atoms with Crippen molar-refractivity contribution in [3.05, 3.63) is 29.1 Å². The molecule has 2 rings (SSSR count). The molecule has 2 atom stereocenters. The van der Waals surface area contributed by atoms with E-state index in [0.717, 1.165) is 12.8 Å². The van der Waals surface area contributed by atoms with E-state index in [1.165, 1.54) is 0 Å². The number of nitrogens with two attached hydrogens (primary N) is 1. The summed E-state index contributed by atoms with van der Waals surface area (Å²) in [5.41, 5.74) is 4.76. The quantitative estimate of drug-likeness (QED) is 0.496. The van der Waals surface area contributed by atoms with E-state index in [-0.39, 0.29) is 6.04 Å². The molecular formula is C12H13F5N2. The van der Waals surface area contributed by atoms with Crippen LogP contribution in [0.3, 0.4) is 0 Å². The minimum Gasteiger partial charge on any atom is -0.376 e. The maximum Gasteiger partial charge on any atom is 0.200 e. The zero-order valence-corrected chi connectivity index (χ0v) is 9.95. The SMILES string of the molecule is N[C@@H]1CCCC[C@H]1Nc1c(F)c(F)c(F)c(F)c1F. The van der Waals surface area contributed by atoms with Crippen LogP contribution in [0.15, 0.2) is 0 Å². The van der Waals surface area contributed by atoms with Gasteiger partial charge in [-0.1, -0.05) is 12.8 Å². The number of anilines is 1. The van der Waals surface area contributed by atoms with Crippen molar-refractivity contribution in [2.45, 2.75) is 37.8 Å². The van der Waals surface area contributed by atoms with Crippen molar-refractivity contribution in [1.82, 2.24) is 0 Å². The molecule has 19 heavy (non-hydrogen) atoms. The van der Waals surface area contributed by atoms with Crippen molar-refractivity contribution in [3.63, 3.8) is 0 Å². The first-order valence-corrected chi connectivity index (χ1v) is 5.97. The predicted octanol–water partition coefficient (Wildman–Crippen LogP) is 3.06. The number of nitrogens with one attached hydrogen (secondary N) is 1. The molecule has 0 spiro atoms. The van der Waals surface area contributed by atoms with E-state index in [1.807, 2.05) is 0 Å². The highest BCUT2D eigenvalue weighted by Gasteiger charge is 2.29. The lowest BCUT2D eigenvalue weighted by Gasteiger charge is -2.30. The minimum atomic E-state index is -2.16. The summed E-state index contributed by atoms with van der Waals surface area (Å²) in [7, 11) is 0. The van der Waals surface area contributed by atoms with Gasteiger partial charge in [0.1, 0.15) is 5.69 Å². The third-order valence-electron chi connectivity index (χ3n) is 3.36. The van der Waals surface area contributed by atoms with E-state index < -0.39 is 40.8 Å². The molecule has 0 bridgehead atoms. The fourth-order valence-electron chi connectivity index (χ4n) is 2.26. The van der Waals surface area contributed by atoms with Crippen molar-refractivity contribution in [1.29, 1.82) is 0 Å². The lowest BCUT2D eigenvalue weighted by molar-refractivity contribution is 0.372. The van der Waals surface area contributed by atoms with Crippen molar-refractivity contribution < 1.29 is 22.0 Å². The summed E-state index contributed by atoms with van der Waals surface area (Å²) in [6.45, 7) is 0. The molecule has 7 heteroatoms. The maximum absolute atomic E-state index is 13.5. The number of rotatable bonds is 2. The van der Waals surface area contributed by atoms with Crippen molar-refractivity contribution in [2.75, 3.05) is 5.32 Å². The highest BCUT2D eigenvalue weighted by atomic mass is 19.2. The van der Waals surface area contributed by atoms with Gasteiger partial charge in [-0.25, -0.2) is 22.0 Å². The van der Waals surface area contributed by atoms with E-state index in [9.17, 15) is 22.0 Å². The Morgan fingerprint density at radius 1 is 0.789 bits per heavy atom. The molecule has 0 aromatic heterocycles. The Morgan fingerprint density at radius 2 is 1.26 bits per heavy atom. The van der Waals surface area contributed by atoms with Crippen LogP contribution >= 0.6 is 0 Å². The first-order chi connectivity index (χ1) is 8.93. The van der Waals surface area contributed by atoms with Gasteiger partial charge in [-0.05, 0) is 12.8 Å². The van der Waals surface area contributed by atoms with Crippen molar-refractivity contribution >= 4 is 5.69 Å². The maximum atomic E-state index is 13.5. The molecule has 3 N–H and O–H groups in total. The normalized spacial score (nSPS) is 23.5. The summed E-state index contributed by atoms with van der Waals surface area (Å²) in [6.07, 6.45) is 2.85. The smallest absolute Gasteiger partial charge is 0.200 e. The van der Waals surface area contributed by atoms with Gasteiger partial charge in [0.05, 0.1) is 0 Å². The molecule has 106 valence electrons. The minimum absolute atomic E-state index is 0.372. The summed E-state index contributed by atoms with van der Waals surface area (Å²) in [5.74, 6) is -9.77. The monoisotopic (exact) mass is 280 g/mol. The van der Waals surface area contributed by atoms with E-state index in [2.05, 4.69) is 5.32 Å². The average Bonchev–Trinajstić information content (AvgIpc) is 2.41. The van der Waals surface area contributed by atoms with Gasteiger partial charge < -0.3 is 11.1 Å². The molecule has 1 aliphatic rings. The fourth-order valence-corrected chi connectivity index (χ4v) is 2.26. The van der Waals surface area contributed by atoms with Crippen LogP contribution in [-0.4, -0.2) is 12.1 Å². The lowest BCUT2D eigenvalue weighted by atomic mass is 9.91. The molecule has 1 aliphatic carbocycles. The van der Waals surface area contributed by atoms with Gasteiger partial charge in [-0.3, -0.25) is 0 Å². The van der Waals surface area contributed by atoms with Crippen LogP contribution in [0, 0.1) is 29.1 Å². The highest BCUT2D eigenvalue weighted by Crippen LogP contribution is 2.29. The molecule has 0 saturated heterocycles. The number of hydrogen-bond donors (Lipinski definition) is 2. The molecule has 0 heterocycles. The van der Waals surface area contributed by atoms with Crippen molar-refractivity contribution in [3.8, 4) is 0 Å². The third-order valence-corrected chi connectivity index (χ3v) is 3.36. The Hall–Kier alpha value is -1.37. The molecule has 1 aromatic carbocycles. The summed E-state index contributed by atoms with van der Waals surface area (Å²) < 4.78 is 65.8. The first kappa shape index (κ1) is 14.0. The summed E-state index contributed by atoms with van der Waals surface area (Å²) in [6, 6.07) is -0.870. The summed E-state index contributed by atoms with van der Waals surface area (Å²) in [4.78, 5) is 0. The van der Waals surface area contributed by atoms with Gasteiger partial charge in [0.25, 0.3) is 0 Å². The number of halogens is 5. The van der Waals surface area contributed by atoms with Gasteiger partial charge in [-0.15, -0.1) is 0 Å². The second-order valence-electron chi connectivity index (χ2n) is 4.64. The van der Waals surface area contributed by atoms with Crippen LogP contribution in [0.4, 0.5) is 27.6 Å². The number of benzene rings is 1. The zero-order valence-electron chi connectivity index (χ0n) is 9.95. The van der Waals surface area contributed by atoms with Crippen LogP contribution in [0.2, 0.25) is 0 Å². The molecule has 1 saturated carbocycles. The van der Waals surface area contributed by atoms with Crippen molar-refractivity contribution in [2.24, 2.45) is 5.73 Å². The van der Waals surface area contributed by atoms with E-state index in [0.29, 0.717) is 12.8 Å².